The zero-order valence-electron chi connectivity index (χ0n) is 14.3. The molecule has 3 heterocycles. The molecule has 0 spiro atoms. The maximum atomic E-state index is 12.4. The minimum atomic E-state index is -0.363. The minimum Gasteiger partial charge on any atom is -0.454 e. The van der Waals surface area contributed by atoms with Crippen molar-refractivity contribution in [2.24, 2.45) is 0 Å². The summed E-state index contributed by atoms with van der Waals surface area (Å²) in [6.45, 7) is 0.292. The quantitative estimate of drug-likeness (QED) is 0.701. The Labute approximate surface area is 163 Å². The van der Waals surface area contributed by atoms with Crippen LogP contribution < -0.4 is 14.8 Å². The van der Waals surface area contributed by atoms with Crippen LogP contribution in [0.5, 0.6) is 11.5 Å². The van der Waals surface area contributed by atoms with E-state index in [4.69, 9.17) is 21.1 Å². The van der Waals surface area contributed by atoms with Crippen molar-refractivity contribution < 1.29 is 19.1 Å². The summed E-state index contributed by atoms with van der Waals surface area (Å²) in [7, 11) is 1.65. The highest BCUT2D eigenvalue weighted by atomic mass is 35.5. The molecule has 8 nitrogen and oxygen atoms in total. The molecule has 2 aromatic heterocycles. The minimum absolute atomic E-state index is 0.132. The van der Waals surface area contributed by atoms with E-state index in [0.717, 1.165) is 10.7 Å². The van der Waals surface area contributed by atoms with E-state index in [1.807, 2.05) is 16.0 Å². The van der Waals surface area contributed by atoms with E-state index in [-0.39, 0.29) is 31.7 Å². The number of hydrogen-bond donors (Lipinski definition) is 1. The van der Waals surface area contributed by atoms with Gasteiger partial charge in [0.1, 0.15) is 0 Å². The molecule has 1 N–H and O–H groups in total. The maximum absolute atomic E-state index is 12.4. The number of thiazole rings is 1. The van der Waals surface area contributed by atoms with Gasteiger partial charge in [-0.25, -0.2) is 4.98 Å². The molecule has 27 heavy (non-hydrogen) atoms. The monoisotopic (exact) mass is 406 g/mol. The van der Waals surface area contributed by atoms with Gasteiger partial charge in [-0.2, -0.15) is 0 Å². The second-order valence-electron chi connectivity index (χ2n) is 5.91. The van der Waals surface area contributed by atoms with Crippen molar-refractivity contribution in [3.63, 3.8) is 0 Å². The number of amides is 2. The van der Waals surface area contributed by atoms with Crippen molar-refractivity contribution in [1.29, 1.82) is 0 Å². The highest BCUT2D eigenvalue weighted by Crippen LogP contribution is 2.32. The average molecular weight is 407 g/mol. The number of likely N-dealkylation sites (N-methyl/N-ethyl adjacent to an activating group) is 1. The number of benzene rings is 1. The Morgan fingerprint density at radius 2 is 2.19 bits per heavy atom. The second-order valence-corrected chi connectivity index (χ2v) is 7.14. The van der Waals surface area contributed by atoms with Crippen LogP contribution in [0, 0.1) is 0 Å². The SMILES string of the molecule is CN(Cc1c(Cl)nc2sccn12)C(=O)CNC(=O)c1ccc2c(c1)OCO2. The molecular formula is C17H15ClN4O4S. The Morgan fingerprint density at radius 3 is 3.04 bits per heavy atom. The van der Waals surface area contributed by atoms with E-state index in [1.54, 1.807) is 25.2 Å². The lowest BCUT2D eigenvalue weighted by atomic mass is 10.2. The summed E-state index contributed by atoms with van der Waals surface area (Å²) in [6.07, 6.45) is 1.86. The Morgan fingerprint density at radius 1 is 1.37 bits per heavy atom. The largest absolute Gasteiger partial charge is 0.454 e. The van der Waals surface area contributed by atoms with Crippen LogP contribution in [0.25, 0.3) is 4.96 Å². The lowest BCUT2D eigenvalue weighted by Gasteiger charge is -2.17. The molecular weight excluding hydrogens is 392 g/mol. The van der Waals surface area contributed by atoms with Crippen LogP contribution in [0.2, 0.25) is 5.15 Å². The molecule has 4 rings (SSSR count). The standard InChI is InChI=1S/C17H15ClN4O4S/c1-21(8-11-15(18)20-17-22(11)4-5-27-17)14(23)7-19-16(24)10-2-3-12-13(6-10)26-9-25-12/h2-6H,7-9H2,1H3,(H,19,24). The fourth-order valence-electron chi connectivity index (χ4n) is 2.69. The summed E-state index contributed by atoms with van der Waals surface area (Å²) >= 11 is 7.62. The third-order valence-electron chi connectivity index (χ3n) is 4.16. The molecule has 1 aliphatic rings. The predicted molar refractivity (Wildman–Crippen MR) is 99.5 cm³/mol. The number of ether oxygens (including phenoxy) is 2. The first kappa shape index (κ1) is 17.6. The van der Waals surface area contributed by atoms with E-state index >= 15 is 0 Å². The molecule has 3 aromatic rings. The molecule has 1 aromatic carbocycles. The van der Waals surface area contributed by atoms with E-state index < -0.39 is 0 Å². The average Bonchev–Trinajstić information content (AvgIpc) is 3.36. The number of nitrogens with zero attached hydrogens (tertiary/aromatic N) is 3. The zero-order chi connectivity index (χ0) is 19.0. The number of fused-ring (bicyclic) bond motifs is 2. The lowest BCUT2D eigenvalue weighted by molar-refractivity contribution is -0.129. The first-order chi connectivity index (χ1) is 13.0. The maximum Gasteiger partial charge on any atom is 0.251 e. The molecule has 0 unspecified atom stereocenters. The van der Waals surface area contributed by atoms with Crippen molar-refractivity contribution >= 4 is 39.7 Å². The molecule has 0 bridgehead atoms. The van der Waals surface area contributed by atoms with Crippen LogP contribution in [-0.2, 0) is 11.3 Å². The highest BCUT2D eigenvalue weighted by molar-refractivity contribution is 7.15. The van der Waals surface area contributed by atoms with Crippen molar-refractivity contribution in [3.05, 3.63) is 46.2 Å². The molecule has 2 amide bonds. The van der Waals surface area contributed by atoms with Gasteiger partial charge >= 0.3 is 0 Å². The Kier molecular flexibility index (Phi) is 4.63. The van der Waals surface area contributed by atoms with Gasteiger partial charge in [-0.05, 0) is 18.2 Å². The third kappa shape index (κ3) is 3.43. The summed E-state index contributed by atoms with van der Waals surface area (Å²) in [5.41, 5.74) is 1.12. The van der Waals surface area contributed by atoms with Crippen molar-refractivity contribution in [3.8, 4) is 11.5 Å². The van der Waals surface area contributed by atoms with Crippen LogP contribution >= 0.6 is 22.9 Å². The number of halogens is 1. The van der Waals surface area contributed by atoms with E-state index in [9.17, 15) is 9.59 Å². The molecule has 1 aliphatic heterocycles. The smallest absolute Gasteiger partial charge is 0.251 e. The van der Waals surface area contributed by atoms with Gasteiger partial charge in [0, 0.05) is 24.2 Å². The van der Waals surface area contributed by atoms with Gasteiger partial charge in [0.2, 0.25) is 12.7 Å². The van der Waals surface area contributed by atoms with Gasteiger partial charge in [-0.15, -0.1) is 11.3 Å². The van der Waals surface area contributed by atoms with Gasteiger partial charge in [0.15, 0.2) is 21.6 Å². The van der Waals surface area contributed by atoms with Gasteiger partial charge < -0.3 is 19.7 Å². The Bertz CT molecular complexity index is 1030. The molecule has 0 aliphatic carbocycles. The van der Waals surface area contributed by atoms with Crippen molar-refractivity contribution in [1.82, 2.24) is 19.6 Å². The number of nitrogens with one attached hydrogen (secondary N) is 1. The number of carbonyl (C=O) groups is 2. The van der Waals surface area contributed by atoms with Gasteiger partial charge in [0.25, 0.3) is 5.91 Å². The summed E-state index contributed by atoms with van der Waals surface area (Å²) in [4.78, 5) is 31.2. The molecule has 0 radical (unpaired) electrons. The summed E-state index contributed by atoms with van der Waals surface area (Å²) in [5.74, 6) is 0.504. The molecule has 0 saturated carbocycles. The van der Waals surface area contributed by atoms with E-state index in [0.29, 0.717) is 22.2 Å². The first-order valence-corrected chi connectivity index (χ1v) is 9.30. The van der Waals surface area contributed by atoms with E-state index in [1.165, 1.54) is 16.2 Å². The molecule has 0 fully saturated rings. The number of carbonyl (C=O) groups excluding carboxylic acids is 2. The van der Waals surface area contributed by atoms with Crippen LogP contribution in [-0.4, -0.2) is 46.5 Å². The van der Waals surface area contributed by atoms with Gasteiger partial charge in [0.05, 0.1) is 18.8 Å². The lowest BCUT2D eigenvalue weighted by Crippen LogP contribution is -2.38. The van der Waals surface area contributed by atoms with Crippen LogP contribution in [0.15, 0.2) is 29.8 Å². The number of rotatable bonds is 5. The zero-order valence-corrected chi connectivity index (χ0v) is 15.8. The van der Waals surface area contributed by atoms with E-state index in [2.05, 4.69) is 10.3 Å². The molecule has 10 heteroatoms. The molecule has 0 saturated heterocycles. The first-order valence-electron chi connectivity index (χ1n) is 8.04. The predicted octanol–water partition coefficient (Wildman–Crippen LogP) is 2.17. The van der Waals surface area contributed by atoms with Crippen LogP contribution in [0.1, 0.15) is 16.1 Å². The number of aromatic nitrogens is 2. The highest BCUT2D eigenvalue weighted by Gasteiger charge is 2.19. The fourth-order valence-corrected chi connectivity index (χ4v) is 3.71. The van der Waals surface area contributed by atoms with Crippen LogP contribution in [0.4, 0.5) is 0 Å². The van der Waals surface area contributed by atoms with Gasteiger partial charge in [-0.3, -0.25) is 14.0 Å². The third-order valence-corrected chi connectivity index (χ3v) is 5.22. The second kappa shape index (κ2) is 7.09. The molecule has 140 valence electrons. The van der Waals surface area contributed by atoms with Crippen molar-refractivity contribution in [2.45, 2.75) is 6.54 Å². The number of hydrogen-bond acceptors (Lipinski definition) is 6. The Hall–Kier alpha value is -2.78. The summed E-state index contributed by atoms with van der Waals surface area (Å²) in [5, 5.41) is 4.88. The Balaban J connectivity index is 1.36. The van der Waals surface area contributed by atoms with Crippen LogP contribution in [0.3, 0.4) is 0 Å². The fraction of sp³-hybridized carbons (Fsp3) is 0.235. The summed E-state index contributed by atoms with van der Waals surface area (Å²) in [6, 6.07) is 4.88. The van der Waals surface area contributed by atoms with Gasteiger partial charge in [-0.1, -0.05) is 11.6 Å². The topological polar surface area (TPSA) is 85.2 Å². The summed E-state index contributed by atoms with van der Waals surface area (Å²) < 4.78 is 12.3. The molecule has 0 atom stereocenters. The number of imidazole rings is 1. The van der Waals surface area contributed by atoms with Crippen molar-refractivity contribution in [2.75, 3.05) is 20.4 Å². The normalized spacial score (nSPS) is 12.4.